The van der Waals surface area contributed by atoms with Crippen LogP contribution in [0.1, 0.15) is 49.8 Å². The van der Waals surface area contributed by atoms with Crippen molar-refractivity contribution in [3.8, 4) is 0 Å². The summed E-state index contributed by atoms with van der Waals surface area (Å²) >= 11 is 1.87. The van der Waals surface area contributed by atoms with Gasteiger partial charge in [0.25, 0.3) is 0 Å². The second kappa shape index (κ2) is 5.94. The third-order valence-corrected chi connectivity index (χ3v) is 6.11. The highest BCUT2D eigenvalue weighted by Crippen LogP contribution is 2.40. The van der Waals surface area contributed by atoms with Gasteiger partial charge in [0.15, 0.2) is 0 Å². The second-order valence-electron chi connectivity index (χ2n) is 6.23. The maximum Gasteiger partial charge on any atom is 0.0360 e. The number of rotatable bonds is 5. The Morgan fingerprint density at radius 1 is 1.21 bits per heavy atom. The number of nitrogens with two attached hydrogens (primary N) is 1. The topological polar surface area (TPSA) is 29.3 Å². The van der Waals surface area contributed by atoms with E-state index in [1.165, 1.54) is 56.5 Å². The van der Waals surface area contributed by atoms with E-state index in [0.29, 0.717) is 11.6 Å². The second-order valence-corrected chi connectivity index (χ2v) is 7.26. The van der Waals surface area contributed by atoms with E-state index in [0.717, 1.165) is 12.8 Å². The Hall–Kier alpha value is -0.380. The molecular weight excluding hydrogens is 252 g/mol. The van der Waals surface area contributed by atoms with Gasteiger partial charge in [-0.1, -0.05) is 18.9 Å². The molecule has 1 unspecified atom stereocenters. The Kier molecular flexibility index (Phi) is 4.25. The molecule has 1 atom stereocenters. The molecule has 1 aromatic rings. The van der Waals surface area contributed by atoms with Gasteiger partial charge in [0.05, 0.1) is 0 Å². The number of likely N-dealkylation sites (tertiary alicyclic amines) is 1. The van der Waals surface area contributed by atoms with E-state index >= 15 is 0 Å². The minimum atomic E-state index is 0.341. The van der Waals surface area contributed by atoms with E-state index in [1.807, 2.05) is 11.3 Å². The first-order valence-corrected chi connectivity index (χ1v) is 8.72. The summed E-state index contributed by atoms with van der Waals surface area (Å²) in [6, 6.07) is 4.75. The van der Waals surface area contributed by atoms with Crippen LogP contribution in [-0.4, -0.2) is 29.6 Å². The lowest BCUT2D eigenvalue weighted by molar-refractivity contribution is 0.0890. The normalized spacial score (nSPS) is 24.9. The van der Waals surface area contributed by atoms with Crippen LogP contribution in [-0.2, 0) is 6.42 Å². The van der Waals surface area contributed by atoms with Gasteiger partial charge in [-0.15, -0.1) is 11.3 Å². The zero-order valence-electron chi connectivity index (χ0n) is 11.8. The number of aryl methyl sites for hydroxylation is 1. The number of hydrogen-bond acceptors (Lipinski definition) is 3. The SMILES string of the molecule is NC(CCc1cccs1)C1(N2CCCC2)CCCC1. The summed E-state index contributed by atoms with van der Waals surface area (Å²) in [5, 5.41) is 2.17. The first kappa shape index (κ1) is 13.6. The largest absolute Gasteiger partial charge is 0.326 e. The molecule has 2 N–H and O–H groups in total. The van der Waals surface area contributed by atoms with Gasteiger partial charge in [0.2, 0.25) is 0 Å². The monoisotopic (exact) mass is 278 g/mol. The average Bonchev–Trinajstić information content (AvgIpc) is 3.15. The van der Waals surface area contributed by atoms with Crippen molar-refractivity contribution >= 4 is 11.3 Å². The summed E-state index contributed by atoms with van der Waals surface area (Å²) in [6.45, 7) is 2.57. The molecule has 0 radical (unpaired) electrons. The van der Waals surface area contributed by atoms with Gasteiger partial charge in [-0.2, -0.15) is 0 Å². The molecule has 2 heterocycles. The molecule has 0 aromatic carbocycles. The standard InChI is InChI=1S/C16H26N2S/c17-15(8-7-14-6-5-13-19-14)16(9-1-2-10-16)18-11-3-4-12-18/h5-6,13,15H,1-4,7-12,17H2. The minimum absolute atomic E-state index is 0.341. The van der Waals surface area contributed by atoms with Crippen LogP contribution in [0.4, 0.5) is 0 Å². The van der Waals surface area contributed by atoms with E-state index in [1.54, 1.807) is 0 Å². The highest BCUT2D eigenvalue weighted by atomic mass is 32.1. The molecule has 0 spiro atoms. The fourth-order valence-corrected chi connectivity index (χ4v) is 4.82. The smallest absolute Gasteiger partial charge is 0.0360 e. The molecule has 19 heavy (non-hydrogen) atoms. The predicted molar refractivity (Wildman–Crippen MR) is 82.6 cm³/mol. The summed E-state index contributed by atoms with van der Waals surface area (Å²) in [5.74, 6) is 0. The molecule has 0 bridgehead atoms. The molecule has 0 amide bonds. The van der Waals surface area contributed by atoms with Crippen molar-refractivity contribution in [2.45, 2.75) is 62.9 Å². The van der Waals surface area contributed by atoms with Gasteiger partial charge >= 0.3 is 0 Å². The molecule has 1 saturated carbocycles. The number of thiophene rings is 1. The maximum atomic E-state index is 6.67. The molecule has 3 heteroatoms. The molecular formula is C16H26N2S. The van der Waals surface area contributed by atoms with Crippen molar-refractivity contribution in [2.75, 3.05) is 13.1 Å². The number of hydrogen-bond donors (Lipinski definition) is 1. The van der Waals surface area contributed by atoms with Crippen LogP contribution >= 0.6 is 11.3 Å². The molecule has 2 fully saturated rings. The Labute approximate surface area is 121 Å². The van der Waals surface area contributed by atoms with Crippen LogP contribution in [0.15, 0.2) is 17.5 Å². The first-order chi connectivity index (χ1) is 9.31. The zero-order valence-corrected chi connectivity index (χ0v) is 12.6. The van der Waals surface area contributed by atoms with E-state index in [9.17, 15) is 0 Å². The highest BCUT2D eigenvalue weighted by molar-refractivity contribution is 7.09. The fraction of sp³-hybridized carbons (Fsp3) is 0.750. The van der Waals surface area contributed by atoms with Crippen LogP contribution in [0.2, 0.25) is 0 Å². The van der Waals surface area contributed by atoms with Crippen LogP contribution in [0.3, 0.4) is 0 Å². The van der Waals surface area contributed by atoms with Gasteiger partial charge in [0.1, 0.15) is 0 Å². The van der Waals surface area contributed by atoms with Gasteiger partial charge in [-0.3, -0.25) is 4.90 Å². The van der Waals surface area contributed by atoms with Crippen LogP contribution in [0.5, 0.6) is 0 Å². The molecule has 106 valence electrons. The fourth-order valence-electron chi connectivity index (χ4n) is 4.09. The molecule has 3 rings (SSSR count). The van der Waals surface area contributed by atoms with Gasteiger partial charge in [-0.05, 0) is 63.1 Å². The summed E-state index contributed by atoms with van der Waals surface area (Å²) in [5.41, 5.74) is 7.01. The van der Waals surface area contributed by atoms with Crippen LogP contribution in [0.25, 0.3) is 0 Å². The molecule has 1 aliphatic heterocycles. The predicted octanol–water partition coefficient (Wildman–Crippen LogP) is 3.42. The molecule has 1 aliphatic carbocycles. The lowest BCUT2D eigenvalue weighted by atomic mass is 9.84. The minimum Gasteiger partial charge on any atom is -0.326 e. The van der Waals surface area contributed by atoms with Crippen molar-refractivity contribution in [2.24, 2.45) is 5.73 Å². The van der Waals surface area contributed by atoms with Crippen molar-refractivity contribution in [1.82, 2.24) is 4.90 Å². The Balaban J connectivity index is 1.65. The van der Waals surface area contributed by atoms with Crippen LogP contribution < -0.4 is 5.73 Å². The average molecular weight is 278 g/mol. The number of nitrogens with zero attached hydrogens (tertiary/aromatic N) is 1. The quantitative estimate of drug-likeness (QED) is 0.894. The van der Waals surface area contributed by atoms with Gasteiger partial charge < -0.3 is 5.73 Å². The Bertz CT molecular complexity index is 375. The summed E-state index contributed by atoms with van der Waals surface area (Å²) in [7, 11) is 0. The summed E-state index contributed by atoms with van der Waals surface area (Å²) < 4.78 is 0. The lowest BCUT2D eigenvalue weighted by Crippen LogP contribution is -2.57. The van der Waals surface area contributed by atoms with Crippen molar-refractivity contribution in [3.63, 3.8) is 0 Å². The van der Waals surface area contributed by atoms with E-state index in [4.69, 9.17) is 5.73 Å². The van der Waals surface area contributed by atoms with E-state index < -0.39 is 0 Å². The third kappa shape index (κ3) is 2.74. The Morgan fingerprint density at radius 2 is 1.95 bits per heavy atom. The zero-order chi connectivity index (χ0) is 13.1. The van der Waals surface area contributed by atoms with Crippen LogP contribution in [0, 0.1) is 0 Å². The van der Waals surface area contributed by atoms with E-state index in [2.05, 4.69) is 22.4 Å². The molecule has 2 nitrogen and oxygen atoms in total. The summed E-state index contributed by atoms with van der Waals surface area (Å²) in [6.07, 6.45) is 10.5. The molecule has 1 aromatic heterocycles. The lowest BCUT2D eigenvalue weighted by Gasteiger charge is -2.43. The molecule has 2 aliphatic rings. The third-order valence-electron chi connectivity index (χ3n) is 5.18. The first-order valence-electron chi connectivity index (χ1n) is 7.84. The van der Waals surface area contributed by atoms with Crippen molar-refractivity contribution in [3.05, 3.63) is 22.4 Å². The maximum absolute atomic E-state index is 6.67. The molecule has 1 saturated heterocycles. The van der Waals surface area contributed by atoms with Crippen molar-refractivity contribution < 1.29 is 0 Å². The summed E-state index contributed by atoms with van der Waals surface area (Å²) in [4.78, 5) is 4.23. The highest BCUT2D eigenvalue weighted by Gasteiger charge is 2.44. The van der Waals surface area contributed by atoms with Gasteiger partial charge in [0, 0.05) is 16.5 Å². The van der Waals surface area contributed by atoms with Gasteiger partial charge in [-0.25, -0.2) is 0 Å². The Morgan fingerprint density at radius 3 is 2.58 bits per heavy atom. The van der Waals surface area contributed by atoms with Crippen molar-refractivity contribution in [1.29, 1.82) is 0 Å². The van der Waals surface area contributed by atoms with E-state index in [-0.39, 0.29) is 0 Å².